The van der Waals surface area contributed by atoms with Crippen LogP contribution in [0.25, 0.3) is 5.65 Å². The Balaban J connectivity index is 1.70. The van der Waals surface area contributed by atoms with Gasteiger partial charge in [0.1, 0.15) is 22.9 Å². The highest BCUT2D eigenvalue weighted by atomic mass is 16.5. The SMILES string of the molecule is [2H]C([2H])([2H])Oc1ncccc1Nc1cc(NC)n2ncc(C(=O)NC3CC3)c2n1. The number of aromatic nitrogens is 4. The van der Waals surface area contributed by atoms with Gasteiger partial charge >= 0.3 is 0 Å². The third kappa shape index (κ3) is 2.99. The first-order valence-corrected chi connectivity index (χ1v) is 8.12. The van der Waals surface area contributed by atoms with Crippen LogP contribution in [0.4, 0.5) is 17.3 Å². The summed E-state index contributed by atoms with van der Waals surface area (Å²) in [6.07, 6.45) is 4.84. The summed E-state index contributed by atoms with van der Waals surface area (Å²) in [6.45, 7) is 0. The van der Waals surface area contributed by atoms with Crippen molar-refractivity contribution in [1.29, 1.82) is 0 Å². The van der Waals surface area contributed by atoms with Crippen LogP contribution >= 0.6 is 0 Å². The Kier molecular flexibility index (Phi) is 3.23. The van der Waals surface area contributed by atoms with Crippen molar-refractivity contribution in [2.45, 2.75) is 18.9 Å². The summed E-state index contributed by atoms with van der Waals surface area (Å²) in [5.41, 5.74) is 1.04. The molecule has 1 aliphatic rings. The number of hydrogen-bond acceptors (Lipinski definition) is 7. The van der Waals surface area contributed by atoms with E-state index in [4.69, 9.17) is 8.85 Å². The molecule has 0 aromatic carbocycles. The average Bonchev–Trinajstić information content (AvgIpc) is 3.37. The lowest BCUT2D eigenvalue weighted by molar-refractivity contribution is 0.0952. The number of nitrogens with one attached hydrogen (secondary N) is 3. The van der Waals surface area contributed by atoms with E-state index >= 15 is 0 Å². The van der Waals surface area contributed by atoms with E-state index in [0.29, 0.717) is 28.5 Å². The molecular weight excluding hydrogens is 334 g/mol. The molecule has 1 amide bonds. The summed E-state index contributed by atoms with van der Waals surface area (Å²) in [6, 6.07) is 5.14. The van der Waals surface area contributed by atoms with E-state index in [0.717, 1.165) is 12.8 Å². The van der Waals surface area contributed by atoms with Crippen molar-refractivity contribution in [1.82, 2.24) is 24.9 Å². The first kappa shape index (κ1) is 12.9. The Morgan fingerprint density at radius 3 is 3.12 bits per heavy atom. The summed E-state index contributed by atoms with van der Waals surface area (Å²) in [5, 5.41) is 13.2. The Bertz CT molecular complexity index is 1060. The minimum Gasteiger partial charge on any atom is -0.480 e. The zero-order chi connectivity index (χ0) is 20.6. The summed E-state index contributed by atoms with van der Waals surface area (Å²) in [7, 11) is -0.921. The molecule has 0 unspecified atom stereocenters. The van der Waals surface area contributed by atoms with Crippen molar-refractivity contribution in [3.63, 3.8) is 0 Å². The summed E-state index contributed by atoms with van der Waals surface area (Å²) in [5.74, 6) is 0.638. The molecule has 3 heterocycles. The van der Waals surface area contributed by atoms with Gasteiger partial charge < -0.3 is 20.7 Å². The number of amides is 1. The van der Waals surface area contributed by atoms with Crippen LogP contribution in [0.2, 0.25) is 0 Å². The number of fused-ring (bicyclic) bond motifs is 1. The minimum absolute atomic E-state index is 0.0830. The Morgan fingerprint density at radius 2 is 2.35 bits per heavy atom. The maximum atomic E-state index is 12.5. The van der Waals surface area contributed by atoms with E-state index < -0.39 is 7.04 Å². The average molecular weight is 356 g/mol. The maximum Gasteiger partial charge on any atom is 0.256 e. The van der Waals surface area contributed by atoms with Crippen LogP contribution in [0, 0.1) is 0 Å². The Morgan fingerprint density at radius 1 is 1.46 bits per heavy atom. The van der Waals surface area contributed by atoms with Crippen LogP contribution in [0.5, 0.6) is 5.88 Å². The Hall–Kier alpha value is -3.36. The molecule has 3 aromatic heterocycles. The number of carbonyl (C=O) groups is 1. The third-order valence-corrected chi connectivity index (χ3v) is 4.02. The first-order chi connectivity index (χ1) is 13.8. The highest BCUT2D eigenvalue weighted by Gasteiger charge is 2.26. The third-order valence-electron chi connectivity index (χ3n) is 4.02. The predicted molar refractivity (Wildman–Crippen MR) is 97.1 cm³/mol. The molecule has 9 nitrogen and oxygen atoms in total. The molecule has 3 N–H and O–H groups in total. The number of ether oxygens (including phenoxy) is 1. The van der Waals surface area contributed by atoms with Crippen molar-refractivity contribution in [2.75, 3.05) is 24.7 Å². The molecule has 0 radical (unpaired) electrons. The fourth-order valence-electron chi connectivity index (χ4n) is 2.56. The molecule has 0 saturated heterocycles. The number of pyridine rings is 1. The quantitative estimate of drug-likeness (QED) is 0.618. The van der Waals surface area contributed by atoms with Crippen LogP contribution in [-0.4, -0.2) is 45.6 Å². The van der Waals surface area contributed by atoms with Crippen LogP contribution in [-0.2, 0) is 0 Å². The standard InChI is InChI=1S/C17H19N7O2/c1-18-14-8-13(22-12-4-3-7-19-17(12)26-2)23-15-11(9-20-24(14)15)16(25)21-10-5-6-10/h3-4,7-10,18H,5-6H2,1-2H3,(H,21,25)(H,22,23)/i2D3. The van der Waals surface area contributed by atoms with Crippen molar-refractivity contribution in [2.24, 2.45) is 0 Å². The maximum absolute atomic E-state index is 12.5. The van der Waals surface area contributed by atoms with Gasteiger partial charge in [0.15, 0.2) is 5.65 Å². The molecular formula is C17H19N7O2. The van der Waals surface area contributed by atoms with Crippen LogP contribution in [0.15, 0.2) is 30.6 Å². The van der Waals surface area contributed by atoms with Gasteiger partial charge in [0.05, 0.1) is 17.3 Å². The molecule has 134 valence electrons. The second-order valence-corrected chi connectivity index (χ2v) is 5.90. The molecule has 1 aliphatic carbocycles. The van der Waals surface area contributed by atoms with Gasteiger partial charge in [-0.15, -0.1) is 0 Å². The van der Waals surface area contributed by atoms with E-state index in [-0.39, 0.29) is 17.8 Å². The van der Waals surface area contributed by atoms with Gasteiger partial charge in [-0.05, 0) is 25.0 Å². The topological polar surface area (TPSA) is 105 Å². The van der Waals surface area contributed by atoms with Crippen molar-refractivity contribution in [3.8, 4) is 5.88 Å². The number of nitrogens with zero attached hydrogens (tertiary/aromatic N) is 4. The first-order valence-electron chi connectivity index (χ1n) is 9.62. The molecule has 4 rings (SSSR count). The van der Waals surface area contributed by atoms with Crippen LogP contribution in [0.3, 0.4) is 0 Å². The second kappa shape index (κ2) is 6.51. The second-order valence-electron chi connectivity index (χ2n) is 5.90. The summed E-state index contributed by atoms with van der Waals surface area (Å²) in [4.78, 5) is 21.0. The van der Waals surface area contributed by atoms with E-state index in [1.165, 1.54) is 16.9 Å². The van der Waals surface area contributed by atoms with Gasteiger partial charge in [0, 0.05) is 25.4 Å². The predicted octanol–water partition coefficient (Wildman–Crippen LogP) is 1.81. The molecule has 1 fully saturated rings. The van der Waals surface area contributed by atoms with Crippen molar-refractivity contribution < 1.29 is 13.6 Å². The zero-order valence-electron chi connectivity index (χ0n) is 17.0. The molecule has 26 heavy (non-hydrogen) atoms. The number of methoxy groups -OCH3 is 1. The highest BCUT2D eigenvalue weighted by molar-refractivity contribution is 6.00. The smallest absolute Gasteiger partial charge is 0.256 e. The molecule has 9 heteroatoms. The molecule has 3 aromatic rings. The minimum atomic E-state index is -2.64. The molecule has 0 spiro atoms. The van der Waals surface area contributed by atoms with Crippen LogP contribution in [0.1, 0.15) is 27.3 Å². The summed E-state index contributed by atoms with van der Waals surface area (Å²) < 4.78 is 28.4. The molecule has 1 saturated carbocycles. The van der Waals surface area contributed by atoms with Crippen molar-refractivity contribution in [3.05, 3.63) is 36.2 Å². The molecule has 0 atom stereocenters. The normalized spacial score (nSPS) is 15.7. The van der Waals surface area contributed by atoms with Gasteiger partial charge in [0.25, 0.3) is 5.91 Å². The van der Waals surface area contributed by atoms with E-state index in [1.807, 2.05) is 0 Å². The van der Waals surface area contributed by atoms with E-state index in [1.54, 1.807) is 25.2 Å². The van der Waals surface area contributed by atoms with E-state index in [9.17, 15) is 4.79 Å². The van der Waals surface area contributed by atoms with Gasteiger partial charge in [0.2, 0.25) is 5.88 Å². The molecule has 0 bridgehead atoms. The van der Waals surface area contributed by atoms with E-state index in [2.05, 4.69) is 31.0 Å². The number of rotatable bonds is 6. The Labute approximate surface area is 154 Å². The van der Waals surface area contributed by atoms with Crippen molar-refractivity contribution >= 4 is 28.9 Å². The number of carbonyl (C=O) groups excluding carboxylic acids is 1. The lowest BCUT2D eigenvalue weighted by Gasteiger charge is -2.12. The van der Waals surface area contributed by atoms with Gasteiger partial charge in [-0.1, -0.05) is 0 Å². The number of hydrogen-bond donors (Lipinski definition) is 3. The number of anilines is 3. The monoisotopic (exact) mass is 356 g/mol. The zero-order valence-corrected chi connectivity index (χ0v) is 14.0. The van der Waals surface area contributed by atoms with Gasteiger partial charge in [-0.3, -0.25) is 4.79 Å². The largest absolute Gasteiger partial charge is 0.480 e. The van der Waals surface area contributed by atoms with Crippen LogP contribution < -0.4 is 20.7 Å². The molecule has 0 aliphatic heterocycles. The van der Waals surface area contributed by atoms with Gasteiger partial charge in [-0.25, -0.2) is 9.97 Å². The highest BCUT2D eigenvalue weighted by Crippen LogP contribution is 2.27. The van der Waals surface area contributed by atoms with Gasteiger partial charge in [-0.2, -0.15) is 9.61 Å². The summed E-state index contributed by atoms with van der Waals surface area (Å²) >= 11 is 0. The lowest BCUT2D eigenvalue weighted by Crippen LogP contribution is -2.25. The fraction of sp³-hybridized carbons (Fsp3) is 0.294. The lowest BCUT2D eigenvalue weighted by atomic mass is 10.3. The fourth-order valence-corrected chi connectivity index (χ4v) is 2.56.